The molecule has 0 radical (unpaired) electrons. The molecule has 1 aromatic heterocycles. The molecule has 7 heteroatoms. The maximum atomic E-state index is 13.2. The first-order chi connectivity index (χ1) is 15.2. The van der Waals surface area contributed by atoms with Gasteiger partial charge in [-0.1, -0.05) is 44.5 Å². The van der Waals surface area contributed by atoms with Gasteiger partial charge < -0.3 is 15.2 Å². The molecule has 1 atom stereocenters. The summed E-state index contributed by atoms with van der Waals surface area (Å²) in [6.07, 6.45) is 1.83. The Morgan fingerprint density at radius 1 is 1.34 bits per heavy atom. The number of halogens is 1. The number of aryl methyl sites for hydroxylation is 1. The lowest BCUT2D eigenvalue weighted by atomic mass is 9.71. The van der Waals surface area contributed by atoms with Gasteiger partial charge in [0.1, 0.15) is 29.8 Å². The van der Waals surface area contributed by atoms with E-state index in [1.54, 1.807) is 17.4 Å². The fourth-order valence-corrected chi connectivity index (χ4v) is 5.76. The number of carbonyl (C=O) groups excluding carboxylic acids is 1. The normalized spacial score (nSPS) is 20.0. The van der Waals surface area contributed by atoms with Gasteiger partial charge in [-0.15, -0.1) is 11.3 Å². The molecular weight excluding hydrogens is 444 g/mol. The van der Waals surface area contributed by atoms with Gasteiger partial charge in [-0.3, -0.25) is 4.79 Å². The number of thiophene rings is 1. The first-order valence-corrected chi connectivity index (χ1v) is 11.8. The predicted molar refractivity (Wildman–Crippen MR) is 125 cm³/mol. The fraction of sp³-hybridized carbons (Fsp3) is 0.360. The van der Waals surface area contributed by atoms with E-state index in [2.05, 4.69) is 13.0 Å². The molecule has 0 fully saturated rings. The third-order valence-corrected chi connectivity index (χ3v) is 7.52. The highest BCUT2D eigenvalue weighted by Gasteiger charge is 2.43. The summed E-state index contributed by atoms with van der Waals surface area (Å²) >= 11 is 7.81. The SMILES string of the molecule is CCc1sc([C@H]2C(C#N)=C(N)OC3=C2C(=O)CC(C)(C)C3)cc1COc1ccccc1Cl. The lowest BCUT2D eigenvalue weighted by Gasteiger charge is -2.36. The van der Waals surface area contributed by atoms with Crippen molar-refractivity contribution in [3.63, 3.8) is 0 Å². The number of allylic oxidation sites excluding steroid dienone is 3. The Morgan fingerprint density at radius 2 is 2.09 bits per heavy atom. The minimum absolute atomic E-state index is 0.0156. The Kier molecular flexibility index (Phi) is 6.07. The van der Waals surface area contributed by atoms with Gasteiger partial charge >= 0.3 is 0 Å². The first-order valence-electron chi connectivity index (χ1n) is 10.6. The molecule has 166 valence electrons. The molecule has 2 heterocycles. The molecule has 1 aliphatic carbocycles. The zero-order valence-electron chi connectivity index (χ0n) is 18.3. The number of nitriles is 1. The summed E-state index contributed by atoms with van der Waals surface area (Å²) in [5.74, 6) is 0.806. The number of Topliss-reactive ketones (excluding diaryl/α,β-unsaturated/α-hetero) is 1. The molecule has 0 bridgehead atoms. The standard InChI is InChI=1S/C25H25ClN2O3S/c1-4-20-14(13-30-18-8-6-5-7-16(18)26)9-21(32-20)22-15(12-27)24(28)31-19-11-25(2,3)10-17(29)23(19)22/h5-9,22H,4,10-11,13,28H2,1-3H3/t22-/m1/s1. The predicted octanol–water partition coefficient (Wildman–Crippen LogP) is 5.99. The largest absolute Gasteiger partial charge is 0.487 e. The van der Waals surface area contributed by atoms with Crippen LogP contribution in [0.25, 0.3) is 0 Å². The van der Waals surface area contributed by atoms with Gasteiger partial charge in [-0.2, -0.15) is 5.26 Å². The molecule has 32 heavy (non-hydrogen) atoms. The van der Waals surface area contributed by atoms with Gasteiger partial charge in [0.15, 0.2) is 5.78 Å². The van der Waals surface area contributed by atoms with E-state index in [0.717, 1.165) is 21.7 Å². The van der Waals surface area contributed by atoms with Crippen LogP contribution in [0.15, 0.2) is 53.1 Å². The Morgan fingerprint density at radius 3 is 2.78 bits per heavy atom. The highest BCUT2D eigenvalue weighted by Crippen LogP contribution is 2.49. The second-order valence-corrected chi connectivity index (χ2v) is 10.4. The third-order valence-electron chi connectivity index (χ3n) is 5.82. The second-order valence-electron chi connectivity index (χ2n) is 8.87. The molecule has 1 aliphatic heterocycles. The summed E-state index contributed by atoms with van der Waals surface area (Å²) in [5, 5.41) is 10.4. The van der Waals surface area contributed by atoms with Crippen LogP contribution in [0.5, 0.6) is 5.75 Å². The summed E-state index contributed by atoms with van der Waals surface area (Å²) in [4.78, 5) is 15.2. The van der Waals surface area contributed by atoms with Gasteiger partial charge in [0, 0.05) is 33.7 Å². The maximum absolute atomic E-state index is 13.2. The number of rotatable bonds is 5. The van der Waals surface area contributed by atoms with Crippen LogP contribution in [-0.4, -0.2) is 5.78 Å². The molecule has 4 rings (SSSR count). The molecule has 1 aromatic carbocycles. The maximum Gasteiger partial charge on any atom is 0.205 e. The number of carbonyl (C=O) groups is 1. The highest BCUT2D eigenvalue weighted by molar-refractivity contribution is 7.12. The van der Waals surface area contributed by atoms with Gasteiger partial charge in [0.2, 0.25) is 5.88 Å². The topological polar surface area (TPSA) is 85.3 Å². The average Bonchev–Trinajstić information content (AvgIpc) is 3.14. The molecule has 5 nitrogen and oxygen atoms in total. The van der Waals surface area contributed by atoms with Crippen LogP contribution in [0.3, 0.4) is 0 Å². The quantitative estimate of drug-likeness (QED) is 0.582. The van der Waals surface area contributed by atoms with Crippen LogP contribution in [0, 0.1) is 16.7 Å². The van der Waals surface area contributed by atoms with Gasteiger partial charge in [0.25, 0.3) is 0 Å². The molecule has 0 spiro atoms. The number of ketones is 1. The van der Waals surface area contributed by atoms with Crippen molar-refractivity contribution >= 4 is 28.7 Å². The average molecular weight is 469 g/mol. The lowest BCUT2D eigenvalue weighted by Crippen LogP contribution is -2.33. The van der Waals surface area contributed by atoms with Crippen LogP contribution in [0.2, 0.25) is 5.02 Å². The Hall–Kier alpha value is -2.75. The summed E-state index contributed by atoms with van der Waals surface area (Å²) in [6, 6.07) is 11.6. The van der Waals surface area contributed by atoms with Crippen LogP contribution < -0.4 is 10.5 Å². The third kappa shape index (κ3) is 4.15. The molecule has 2 aliphatic rings. The second kappa shape index (κ2) is 8.65. The van der Waals surface area contributed by atoms with Gasteiger partial charge in [0.05, 0.1) is 10.9 Å². The van der Waals surface area contributed by atoms with Gasteiger partial charge in [-0.05, 0) is 30.0 Å². The van der Waals surface area contributed by atoms with Crippen LogP contribution >= 0.6 is 22.9 Å². The summed E-state index contributed by atoms with van der Waals surface area (Å²) in [6.45, 7) is 6.50. The summed E-state index contributed by atoms with van der Waals surface area (Å²) in [7, 11) is 0. The smallest absolute Gasteiger partial charge is 0.205 e. The Bertz CT molecular complexity index is 1190. The van der Waals surface area contributed by atoms with E-state index in [1.165, 1.54) is 0 Å². The van der Waals surface area contributed by atoms with Gasteiger partial charge in [-0.25, -0.2) is 0 Å². The summed E-state index contributed by atoms with van der Waals surface area (Å²) in [5.41, 5.74) is 7.81. The molecule has 2 N–H and O–H groups in total. The zero-order chi connectivity index (χ0) is 23.0. The Balaban J connectivity index is 1.73. The number of ether oxygens (including phenoxy) is 2. The molecule has 0 saturated heterocycles. The van der Waals surface area contributed by atoms with Crippen molar-refractivity contribution in [2.75, 3.05) is 0 Å². The van der Waals surface area contributed by atoms with Crippen molar-refractivity contribution in [3.8, 4) is 11.8 Å². The van der Waals surface area contributed by atoms with E-state index >= 15 is 0 Å². The molecular formula is C25H25ClN2O3S. The fourth-order valence-electron chi connectivity index (χ4n) is 4.34. The number of nitrogens with two attached hydrogens (primary N) is 1. The van der Waals surface area contributed by atoms with E-state index in [-0.39, 0.29) is 17.1 Å². The van der Waals surface area contributed by atoms with Crippen molar-refractivity contribution in [2.45, 2.75) is 52.6 Å². The van der Waals surface area contributed by atoms with Crippen molar-refractivity contribution in [1.29, 1.82) is 5.26 Å². The number of hydrogen-bond donors (Lipinski definition) is 1. The van der Waals surface area contributed by atoms with E-state index in [0.29, 0.717) is 47.1 Å². The molecule has 0 unspecified atom stereocenters. The van der Waals surface area contributed by atoms with Crippen molar-refractivity contribution in [2.24, 2.45) is 11.1 Å². The van der Waals surface area contributed by atoms with Crippen LogP contribution in [0.1, 0.15) is 54.8 Å². The van der Waals surface area contributed by atoms with E-state index in [9.17, 15) is 10.1 Å². The lowest BCUT2D eigenvalue weighted by molar-refractivity contribution is -0.119. The van der Waals surface area contributed by atoms with Crippen LogP contribution in [0.4, 0.5) is 0 Å². The minimum atomic E-state index is -0.503. The summed E-state index contributed by atoms with van der Waals surface area (Å²) < 4.78 is 11.8. The van der Waals surface area contributed by atoms with E-state index < -0.39 is 5.92 Å². The molecule has 0 saturated carbocycles. The van der Waals surface area contributed by atoms with Crippen molar-refractivity contribution in [1.82, 2.24) is 0 Å². The van der Waals surface area contributed by atoms with Crippen molar-refractivity contribution < 1.29 is 14.3 Å². The molecule has 2 aromatic rings. The monoisotopic (exact) mass is 468 g/mol. The molecule has 0 amide bonds. The minimum Gasteiger partial charge on any atom is -0.487 e. The number of nitrogens with zero attached hydrogens (tertiary/aromatic N) is 1. The van der Waals surface area contributed by atoms with Crippen LogP contribution in [-0.2, 0) is 22.6 Å². The first kappa shape index (κ1) is 22.4. The Labute approximate surface area is 197 Å². The van der Waals surface area contributed by atoms with E-state index in [4.69, 9.17) is 26.8 Å². The van der Waals surface area contributed by atoms with Crippen molar-refractivity contribution in [3.05, 3.63) is 73.5 Å². The number of hydrogen-bond acceptors (Lipinski definition) is 6. The number of benzene rings is 1. The number of para-hydroxylation sites is 1. The van der Waals surface area contributed by atoms with E-state index in [1.807, 2.05) is 38.1 Å². The zero-order valence-corrected chi connectivity index (χ0v) is 19.9. The highest BCUT2D eigenvalue weighted by atomic mass is 35.5.